The van der Waals surface area contributed by atoms with E-state index in [1.165, 1.54) is 0 Å². The quantitative estimate of drug-likeness (QED) is 0.0345. The number of carbonyl (C=O) groups is 4. The lowest BCUT2D eigenvalue weighted by molar-refractivity contribution is -0.538. The van der Waals surface area contributed by atoms with Crippen molar-refractivity contribution in [2.24, 2.45) is 4.99 Å². The summed E-state index contributed by atoms with van der Waals surface area (Å²) in [6, 6.07) is 31.8. The molecule has 1 atom stereocenters. The van der Waals surface area contributed by atoms with E-state index in [2.05, 4.69) is 32.2 Å². The molecular weight excluding hydrogens is 1100 g/mol. The Hall–Kier alpha value is -8.27. The van der Waals surface area contributed by atoms with Gasteiger partial charge in [-0.1, -0.05) is 87.8 Å². The van der Waals surface area contributed by atoms with E-state index >= 15 is 0 Å². The molecule has 0 bridgehead atoms. The van der Waals surface area contributed by atoms with Crippen LogP contribution in [0.2, 0.25) is 0 Å². The Morgan fingerprint density at radius 3 is 1.56 bits per heavy atom. The number of nitrogens with zero attached hydrogens (tertiary/aromatic N) is 6. The highest BCUT2D eigenvalue weighted by atomic mass is 16.6. The summed E-state index contributed by atoms with van der Waals surface area (Å²) < 4.78 is 25.5. The van der Waals surface area contributed by atoms with Gasteiger partial charge in [-0.3, -0.25) is 20.4 Å². The number of amides is 4. The van der Waals surface area contributed by atoms with Gasteiger partial charge in [-0.05, 0) is 194 Å². The first-order valence-corrected chi connectivity index (χ1v) is 31.3. The number of hydrogen-bond donors (Lipinski definition) is 2. The summed E-state index contributed by atoms with van der Waals surface area (Å²) in [6.45, 7) is 31.3. The minimum absolute atomic E-state index is 0.359. The van der Waals surface area contributed by atoms with E-state index in [1.807, 2.05) is 208 Å². The first-order chi connectivity index (χ1) is 41.4. The number of aryl methyl sites for hydroxylation is 2. The lowest BCUT2D eigenvalue weighted by Crippen LogP contribution is -2.43. The van der Waals surface area contributed by atoms with E-state index in [4.69, 9.17) is 28.9 Å². The Morgan fingerprint density at radius 2 is 1.02 bits per heavy atom. The zero-order valence-corrected chi connectivity index (χ0v) is 54.9. The van der Waals surface area contributed by atoms with Crippen LogP contribution in [0.25, 0.3) is 27.8 Å². The van der Waals surface area contributed by atoms with E-state index in [1.54, 1.807) is 9.80 Å². The molecule has 0 fully saturated rings. The maximum atomic E-state index is 14.2. The Morgan fingerprint density at radius 1 is 0.545 bits per heavy atom. The van der Waals surface area contributed by atoms with E-state index in [9.17, 15) is 19.2 Å². The molecule has 1 unspecified atom stereocenters. The molecule has 1 aliphatic heterocycles. The molecule has 8 rings (SSSR count). The highest BCUT2D eigenvalue weighted by molar-refractivity contribution is 6.12. The molecule has 6 aromatic rings. The summed E-state index contributed by atoms with van der Waals surface area (Å²) in [5.74, 6) is 0. The summed E-state index contributed by atoms with van der Waals surface area (Å²) in [7, 11) is 0. The molecule has 0 radical (unpaired) electrons. The van der Waals surface area contributed by atoms with Gasteiger partial charge >= 0.3 is 24.4 Å². The number of carbonyl (C=O) groups excluding carboxylic acids is 4. The lowest BCUT2D eigenvalue weighted by atomic mass is 9.92. The van der Waals surface area contributed by atoms with Gasteiger partial charge in [-0.25, -0.2) is 29.2 Å². The molecule has 4 amide bonds. The fourth-order valence-electron chi connectivity index (χ4n) is 11.2. The summed E-state index contributed by atoms with van der Waals surface area (Å²) in [6.07, 6.45) is 12.2. The highest BCUT2D eigenvalue weighted by Crippen LogP contribution is 2.47. The predicted molar refractivity (Wildman–Crippen MR) is 355 cm³/mol. The van der Waals surface area contributed by atoms with Crippen molar-refractivity contribution in [2.45, 2.75) is 203 Å². The smallest absolute Gasteiger partial charge is 0.414 e. The minimum Gasteiger partial charge on any atom is -0.444 e. The molecule has 468 valence electrons. The Balaban J connectivity index is 0.906. The molecule has 88 heavy (non-hydrogen) atoms. The van der Waals surface area contributed by atoms with Gasteiger partial charge in [-0.15, -0.1) is 4.57 Å². The van der Waals surface area contributed by atoms with Crippen molar-refractivity contribution in [2.75, 3.05) is 33.1 Å². The average Bonchev–Trinajstić information content (AvgIpc) is 0.771. The zero-order chi connectivity index (χ0) is 63.9. The normalized spacial score (nSPS) is 14.2. The molecule has 2 heterocycles. The Bertz CT molecular complexity index is 3620. The van der Waals surface area contributed by atoms with Crippen LogP contribution in [-0.2, 0) is 18.9 Å². The van der Waals surface area contributed by atoms with Crippen molar-refractivity contribution in [1.82, 2.24) is 10.3 Å². The standard InChI is InChI=1S/C72H92N8O8/c1-47-41-56-61(44-54(47)75-65(81)85-69(5,6)7)79(51-33-27-25-28-34-51)63-46-60(49(3)43-58(63)74-56)78(68(84)88-72(14,15)16)40-32-24-22-20-18-17-19-21-23-31-39-77(67(83)87-71(11,12)13)59-38-37-53-64(50(59)4)80(52-35-29-26-30-36-52)62-45-55(48(2)42-57(62)73-53)76-66(82)86-70(8,9)10/h25-30,33-38,41-46,62H,17-24,31-32,39-40H2,1-16H3,(H,76,82)/p+1. The topological polar surface area (TPSA) is 168 Å². The number of para-hydroxylation sites is 2. The monoisotopic (exact) mass is 1200 g/mol. The van der Waals surface area contributed by atoms with Gasteiger partial charge in [0, 0.05) is 48.7 Å². The Kier molecular flexibility index (Phi) is 20.5. The van der Waals surface area contributed by atoms with Crippen LogP contribution in [0.3, 0.4) is 0 Å². The Labute approximate surface area is 521 Å². The molecular formula is C72H93N8O8+. The van der Waals surface area contributed by atoms with Gasteiger partial charge in [0.15, 0.2) is 0 Å². The van der Waals surface area contributed by atoms with Crippen molar-refractivity contribution >= 4 is 86.3 Å². The minimum atomic E-state index is -0.705. The van der Waals surface area contributed by atoms with Crippen molar-refractivity contribution in [1.29, 1.82) is 0 Å². The second kappa shape index (κ2) is 27.4. The molecule has 2 N–H and O–H groups in total. The molecule has 16 heteroatoms. The van der Waals surface area contributed by atoms with Crippen LogP contribution in [0, 0.1) is 20.8 Å². The summed E-state index contributed by atoms with van der Waals surface area (Å²) in [5.41, 5.74) is 11.0. The number of rotatable bonds is 19. The molecule has 1 aliphatic carbocycles. The highest BCUT2D eigenvalue weighted by Gasteiger charge is 2.37. The van der Waals surface area contributed by atoms with Gasteiger partial charge in [0.05, 0.1) is 40.2 Å². The van der Waals surface area contributed by atoms with Crippen LogP contribution in [0.4, 0.5) is 53.3 Å². The maximum absolute atomic E-state index is 14.2. The number of hydrogen-bond acceptors (Lipinski definition) is 11. The van der Waals surface area contributed by atoms with Gasteiger partial charge in [-0.2, -0.15) is 0 Å². The molecule has 1 aromatic heterocycles. The summed E-state index contributed by atoms with van der Waals surface area (Å²) in [4.78, 5) is 70.7. The molecule has 16 nitrogen and oxygen atoms in total. The number of aliphatic imine (C=N–C) groups is 1. The van der Waals surface area contributed by atoms with Crippen molar-refractivity contribution < 1.29 is 42.7 Å². The van der Waals surface area contributed by atoms with E-state index < -0.39 is 46.8 Å². The third-order valence-electron chi connectivity index (χ3n) is 15.0. The first-order valence-electron chi connectivity index (χ1n) is 31.3. The fraction of sp³-hybridized carbons (Fsp3) is 0.458. The number of benzene rings is 5. The second-order valence-electron chi connectivity index (χ2n) is 27.3. The van der Waals surface area contributed by atoms with Crippen molar-refractivity contribution in [3.8, 4) is 5.69 Å². The van der Waals surface area contributed by atoms with E-state index in [0.29, 0.717) is 24.5 Å². The number of anilines is 5. The number of unbranched alkanes of at least 4 members (excludes halogenated alkanes) is 9. The summed E-state index contributed by atoms with van der Waals surface area (Å²) in [5, 5.41) is 5.94. The average molecular weight is 1200 g/mol. The van der Waals surface area contributed by atoms with Crippen LogP contribution >= 0.6 is 0 Å². The second-order valence-corrected chi connectivity index (χ2v) is 27.3. The molecule has 0 spiro atoms. The van der Waals surface area contributed by atoms with Crippen LogP contribution in [0.5, 0.6) is 0 Å². The van der Waals surface area contributed by atoms with Crippen LogP contribution in [0.15, 0.2) is 125 Å². The number of ether oxygens (including phenoxy) is 4. The zero-order valence-electron chi connectivity index (χ0n) is 54.9. The van der Waals surface area contributed by atoms with Crippen molar-refractivity contribution in [3.63, 3.8) is 0 Å². The van der Waals surface area contributed by atoms with Crippen molar-refractivity contribution in [3.05, 3.63) is 137 Å². The SMILES string of the molecule is CC1=CC2=Nc3ccc(N(CCCCCCCCCCCCN(C(=O)OC(C)(C)C)c4cc5c(cc4C)nc4cc(C)c(NC(=O)OC(C)(C)C)cc4[n+]5-c4ccccc4)C(=O)OC(C)(C)C)c(C)c3N(c3ccccc3)C2C=C1NC(=O)OC(C)(C)C. The molecule has 2 aliphatic rings. The predicted octanol–water partition coefficient (Wildman–Crippen LogP) is 18.0. The van der Waals surface area contributed by atoms with Gasteiger partial charge < -0.3 is 23.8 Å². The number of fused-ring (bicyclic) bond motifs is 4. The number of alkyl carbamates (subject to hydrolysis) is 1. The summed E-state index contributed by atoms with van der Waals surface area (Å²) >= 11 is 0. The van der Waals surface area contributed by atoms with Crippen LogP contribution < -0.4 is 29.9 Å². The van der Waals surface area contributed by atoms with Crippen LogP contribution in [0.1, 0.15) is 171 Å². The number of nitrogens with one attached hydrogen (secondary N) is 2. The van der Waals surface area contributed by atoms with E-state index in [0.717, 1.165) is 148 Å². The number of allylic oxidation sites excluding steroid dienone is 1. The third-order valence-corrected chi connectivity index (χ3v) is 15.0. The largest absolute Gasteiger partial charge is 0.444 e. The maximum Gasteiger partial charge on any atom is 0.414 e. The van der Waals surface area contributed by atoms with Gasteiger partial charge in [0.2, 0.25) is 16.7 Å². The van der Waals surface area contributed by atoms with Gasteiger partial charge in [0.1, 0.15) is 33.4 Å². The van der Waals surface area contributed by atoms with Gasteiger partial charge in [0.25, 0.3) is 0 Å². The number of aromatic nitrogens is 2. The van der Waals surface area contributed by atoms with E-state index in [-0.39, 0.29) is 6.04 Å². The molecule has 0 saturated carbocycles. The fourth-order valence-corrected chi connectivity index (χ4v) is 11.2. The van der Waals surface area contributed by atoms with Crippen LogP contribution in [-0.4, -0.2) is 76.6 Å². The third kappa shape index (κ3) is 17.1. The molecule has 5 aromatic carbocycles. The first kappa shape index (κ1) is 65.7. The molecule has 0 saturated heterocycles. The lowest BCUT2D eigenvalue weighted by Gasteiger charge is -2.40.